The second-order valence-corrected chi connectivity index (χ2v) is 8.74. The van der Waals surface area contributed by atoms with Gasteiger partial charge < -0.3 is 10.2 Å². The van der Waals surface area contributed by atoms with Crippen molar-refractivity contribution in [2.75, 3.05) is 7.05 Å². The molecule has 1 aromatic carbocycles. The first kappa shape index (κ1) is 17.9. The Morgan fingerprint density at radius 2 is 1.89 bits per heavy atom. The van der Waals surface area contributed by atoms with E-state index in [9.17, 15) is 4.79 Å². The van der Waals surface area contributed by atoms with Crippen LogP contribution in [0.1, 0.15) is 66.3 Å². The Bertz CT molecular complexity index is 873. The lowest BCUT2D eigenvalue weighted by molar-refractivity contribution is 0.0674. The van der Waals surface area contributed by atoms with Gasteiger partial charge in [-0.15, -0.1) is 0 Å². The molecule has 0 spiro atoms. The molecule has 2 aliphatic heterocycles. The maximum Gasteiger partial charge on any atom is 0.274 e. The van der Waals surface area contributed by atoms with Crippen LogP contribution in [0.5, 0.6) is 0 Å². The molecule has 2 saturated heterocycles. The molecule has 2 atom stereocenters. The summed E-state index contributed by atoms with van der Waals surface area (Å²) in [6, 6.07) is 10.1. The number of piperidine rings is 1. The molecule has 2 bridgehead atoms. The number of hydrogen-bond acceptors (Lipinski definition) is 3. The molecule has 5 rings (SSSR count). The minimum atomic E-state index is 0.105. The van der Waals surface area contributed by atoms with Gasteiger partial charge in [0.1, 0.15) is 0 Å². The van der Waals surface area contributed by atoms with Crippen molar-refractivity contribution in [2.24, 2.45) is 0 Å². The number of benzene rings is 1. The predicted molar refractivity (Wildman–Crippen MR) is 110 cm³/mol. The van der Waals surface area contributed by atoms with Crippen LogP contribution in [-0.4, -0.2) is 45.8 Å². The van der Waals surface area contributed by atoms with Crippen molar-refractivity contribution >= 4 is 5.91 Å². The number of fused-ring (bicyclic) bond motifs is 3. The maximum absolute atomic E-state index is 13.4. The maximum atomic E-state index is 13.4. The van der Waals surface area contributed by atoms with Crippen LogP contribution in [0.2, 0.25) is 0 Å². The number of hydrogen-bond donors (Lipinski definition) is 1. The Hall–Kier alpha value is -2.14. The predicted octanol–water partition coefficient (Wildman–Crippen LogP) is 3.28. The summed E-state index contributed by atoms with van der Waals surface area (Å²) in [5, 5.41) is 8.51. The van der Waals surface area contributed by atoms with E-state index in [4.69, 9.17) is 5.10 Å². The van der Waals surface area contributed by atoms with Gasteiger partial charge in [0, 0.05) is 36.4 Å². The smallest absolute Gasteiger partial charge is 0.274 e. The van der Waals surface area contributed by atoms with Gasteiger partial charge in [-0.05, 0) is 69.1 Å². The van der Waals surface area contributed by atoms with Gasteiger partial charge in [0.2, 0.25) is 0 Å². The first-order valence-corrected chi connectivity index (χ1v) is 10.9. The molecule has 0 radical (unpaired) electrons. The van der Waals surface area contributed by atoms with Crippen LogP contribution in [0.3, 0.4) is 0 Å². The third kappa shape index (κ3) is 2.96. The number of aryl methyl sites for hydroxylation is 1. The van der Waals surface area contributed by atoms with Gasteiger partial charge in [-0.2, -0.15) is 5.10 Å². The zero-order valence-corrected chi connectivity index (χ0v) is 16.9. The fourth-order valence-corrected chi connectivity index (χ4v) is 5.37. The highest BCUT2D eigenvalue weighted by molar-refractivity contribution is 5.94. The molecule has 0 saturated carbocycles. The molecule has 1 aliphatic carbocycles. The first-order chi connectivity index (χ1) is 13.6. The molecule has 2 fully saturated rings. The second-order valence-electron chi connectivity index (χ2n) is 8.74. The zero-order chi connectivity index (χ0) is 19.3. The second kappa shape index (κ2) is 7.03. The van der Waals surface area contributed by atoms with Crippen molar-refractivity contribution in [3.63, 3.8) is 0 Å². The Labute approximate surface area is 167 Å². The van der Waals surface area contributed by atoms with Crippen molar-refractivity contribution in [3.05, 3.63) is 46.8 Å². The van der Waals surface area contributed by atoms with Crippen molar-refractivity contribution in [1.29, 1.82) is 0 Å². The molecular weight excluding hydrogens is 348 g/mol. The van der Waals surface area contributed by atoms with E-state index in [1.165, 1.54) is 29.7 Å². The van der Waals surface area contributed by atoms with Crippen LogP contribution in [0.4, 0.5) is 0 Å². The summed E-state index contributed by atoms with van der Waals surface area (Å²) in [4.78, 5) is 15.4. The lowest BCUT2D eigenvalue weighted by Gasteiger charge is -2.35. The number of rotatable bonds is 4. The number of amides is 1. The van der Waals surface area contributed by atoms with Gasteiger partial charge in [0.15, 0.2) is 5.69 Å². The van der Waals surface area contributed by atoms with E-state index >= 15 is 0 Å². The quantitative estimate of drug-likeness (QED) is 0.888. The third-order valence-electron chi connectivity index (χ3n) is 7.04. The number of carbonyl (C=O) groups excluding carboxylic acids is 1. The molecule has 1 N–H and O–H groups in total. The fourth-order valence-electron chi connectivity index (χ4n) is 5.37. The molecule has 5 heteroatoms. The Balaban J connectivity index is 1.44. The van der Waals surface area contributed by atoms with E-state index in [1.807, 2.05) is 16.6 Å². The Morgan fingerprint density at radius 3 is 2.57 bits per heavy atom. The van der Waals surface area contributed by atoms with Gasteiger partial charge in [-0.1, -0.05) is 19.1 Å². The number of nitrogens with one attached hydrogen (secondary N) is 1. The highest BCUT2D eigenvalue weighted by Gasteiger charge is 2.38. The minimum Gasteiger partial charge on any atom is -0.337 e. The van der Waals surface area contributed by atoms with E-state index in [-0.39, 0.29) is 5.91 Å². The average Bonchev–Trinajstić information content (AvgIpc) is 3.42. The molecule has 1 aromatic heterocycles. The van der Waals surface area contributed by atoms with Crippen LogP contribution in [0, 0.1) is 0 Å². The van der Waals surface area contributed by atoms with E-state index in [0.717, 1.165) is 44.2 Å². The Kier molecular flexibility index (Phi) is 4.50. The molecule has 2 unspecified atom stereocenters. The SMILES string of the molecule is CCc1ccc(-n2nc(C(=O)N(C)C3CC4CCC(C3)N4)c3c2CCC3)cc1. The molecule has 3 aliphatic rings. The number of carbonyl (C=O) groups is 1. The van der Waals surface area contributed by atoms with Gasteiger partial charge in [0.25, 0.3) is 5.91 Å². The summed E-state index contributed by atoms with van der Waals surface area (Å²) in [6.07, 6.45) is 8.76. The number of aromatic nitrogens is 2. The molecule has 28 heavy (non-hydrogen) atoms. The largest absolute Gasteiger partial charge is 0.337 e. The standard InChI is InChI=1S/C23H30N4O/c1-3-15-7-11-18(12-8-15)27-21-6-4-5-20(21)22(25-27)23(28)26(2)19-13-16-9-10-17(14-19)24-16/h7-8,11-12,16-17,19,24H,3-6,9-10,13-14H2,1-2H3. The van der Waals surface area contributed by atoms with Gasteiger partial charge >= 0.3 is 0 Å². The summed E-state index contributed by atoms with van der Waals surface area (Å²) >= 11 is 0. The first-order valence-electron chi connectivity index (χ1n) is 10.9. The molecule has 5 nitrogen and oxygen atoms in total. The van der Waals surface area contributed by atoms with E-state index < -0.39 is 0 Å². The monoisotopic (exact) mass is 378 g/mol. The molecule has 3 heterocycles. The fraction of sp³-hybridized carbons (Fsp3) is 0.565. The van der Waals surface area contributed by atoms with Crippen LogP contribution in [0.25, 0.3) is 5.69 Å². The summed E-state index contributed by atoms with van der Waals surface area (Å²) in [5.74, 6) is 0.105. The van der Waals surface area contributed by atoms with E-state index in [2.05, 4.69) is 36.5 Å². The van der Waals surface area contributed by atoms with Crippen LogP contribution < -0.4 is 5.32 Å². The summed E-state index contributed by atoms with van der Waals surface area (Å²) in [5.41, 5.74) is 5.47. The lowest BCUT2D eigenvalue weighted by atomic mass is 9.98. The lowest BCUT2D eigenvalue weighted by Crippen LogP contribution is -2.48. The average molecular weight is 379 g/mol. The minimum absolute atomic E-state index is 0.105. The van der Waals surface area contributed by atoms with E-state index in [1.54, 1.807) is 0 Å². The van der Waals surface area contributed by atoms with Crippen LogP contribution in [0.15, 0.2) is 24.3 Å². The van der Waals surface area contributed by atoms with Gasteiger partial charge in [-0.3, -0.25) is 4.79 Å². The van der Waals surface area contributed by atoms with E-state index in [0.29, 0.717) is 23.8 Å². The normalized spacial score (nSPS) is 25.7. The van der Waals surface area contributed by atoms with Crippen LogP contribution in [-0.2, 0) is 19.3 Å². The van der Waals surface area contributed by atoms with Crippen molar-refractivity contribution < 1.29 is 4.79 Å². The molecule has 2 aromatic rings. The summed E-state index contributed by atoms with van der Waals surface area (Å²) in [7, 11) is 1.98. The highest BCUT2D eigenvalue weighted by Crippen LogP contribution is 2.32. The third-order valence-corrected chi connectivity index (χ3v) is 7.04. The highest BCUT2D eigenvalue weighted by atomic mass is 16.2. The Morgan fingerprint density at radius 1 is 1.18 bits per heavy atom. The van der Waals surface area contributed by atoms with Crippen LogP contribution >= 0.6 is 0 Å². The van der Waals surface area contributed by atoms with Crippen molar-refractivity contribution in [1.82, 2.24) is 20.0 Å². The molecule has 148 valence electrons. The van der Waals surface area contributed by atoms with Crippen molar-refractivity contribution in [2.45, 2.75) is 76.4 Å². The topological polar surface area (TPSA) is 50.2 Å². The number of nitrogens with zero attached hydrogens (tertiary/aromatic N) is 3. The molecule has 1 amide bonds. The van der Waals surface area contributed by atoms with Crippen molar-refractivity contribution in [3.8, 4) is 5.69 Å². The summed E-state index contributed by atoms with van der Waals surface area (Å²) < 4.78 is 2.02. The zero-order valence-electron chi connectivity index (χ0n) is 16.9. The van der Waals surface area contributed by atoms with Gasteiger partial charge in [-0.25, -0.2) is 4.68 Å². The summed E-state index contributed by atoms with van der Waals surface area (Å²) in [6.45, 7) is 2.17. The molecular formula is C23H30N4O. The van der Waals surface area contributed by atoms with Gasteiger partial charge in [0.05, 0.1) is 5.69 Å².